The van der Waals surface area contributed by atoms with Gasteiger partial charge in [-0.15, -0.1) is 0 Å². The molecule has 102 valence electrons. The summed E-state index contributed by atoms with van der Waals surface area (Å²) in [7, 11) is 0. The maximum Gasteiger partial charge on any atom is 0.123 e. The van der Waals surface area contributed by atoms with Gasteiger partial charge in [0.2, 0.25) is 0 Å². The molecule has 1 unspecified atom stereocenters. The monoisotopic (exact) mass is 263 g/mol. The van der Waals surface area contributed by atoms with Crippen molar-refractivity contribution in [2.45, 2.75) is 26.1 Å². The molecule has 1 atom stereocenters. The van der Waals surface area contributed by atoms with E-state index in [2.05, 4.69) is 10.4 Å². The van der Waals surface area contributed by atoms with Gasteiger partial charge in [-0.05, 0) is 30.7 Å². The van der Waals surface area contributed by atoms with Crippen LogP contribution in [0.1, 0.15) is 24.3 Å². The van der Waals surface area contributed by atoms with E-state index in [-0.39, 0.29) is 5.82 Å². The second-order valence-corrected chi connectivity index (χ2v) is 4.34. The van der Waals surface area contributed by atoms with Gasteiger partial charge in [0.05, 0.1) is 11.8 Å². The van der Waals surface area contributed by atoms with Crippen LogP contribution in [0.25, 0.3) is 0 Å². The molecule has 0 saturated carbocycles. The van der Waals surface area contributed by atoms with Crippen LogP contribution >= 0.6 is 0 Å². The minimum Gasteiger partial charge on any atom is -0.387 e. The molecule has 5 heteroatoms. The molecule has 2 N–H and O–H groups in total. The van der Waals surface area contributed by atoms with Gasteiger partial charge in [0.15, 0.2) is 0 Å². The van der Waals surface area contributed by atoms with Crippen LogP contribution in [0.3, 0.4) is 0 Å². The molecule has 1 heterocycles. The zero-order valence-electron chi connectivity index (χ0n) is 10.9. The molecule has 1 aromatic carbocycles. The highest BCUT2D eigenvalue weighted by Gasteiger charge is 2.07. The second kappa shape index (κ2) is 6.45. The summed E-state index contributed by atoms with van der Waals surface area (Å²) in [6.07, 6.45) is 1.12. The van der Waals surface area contributed by atoms with Crippen molar-refractivity contribution in [2.75, 3.05) is 6.54 Å². The minimum absolute atomic E-state index is 0.296. The van der Waals surface area contributed by atoms with Crippen LogP contribution in [0.2, 0.25) is 0 Å². The number of benzene rings is 1. The lowest BCUT2D eigenvalue weighted by Crippen LogP contribution is -2.22. The molecule has 0 spiro atoms. The fraction of sp³-hybridized carbons (Fsp3) is 0.357. The van der Waals surface area contributed by atoms with E-state index in [4.69, 9.17) is 0 Å². The lowest BCUT2D eigenvalue weighted by atomic mass is 10.1. The minimum atomic E-state index is -0.640. The van der Waals surface area contributed by atoms with Gasteiger partial charge in [-0.1, -0.05) is 12.1 Å². The third kappa shape index (κ3) is 3.62. The average Bonchev–Trinajstić information content (AvgIpc) is 2.87. The summed E-state index contributed by atoms with van der Waals surface area (Å²) in [4.78, 5) is 0. The Morgan fingerprint density at radius 3 is 2.74 bits per heavy atom. The number of halogens is 1. The van der Waals surface area contributed by atoms with Crippen LogP contribution in [-0.4, -0.2) is 21.4 Å². The van der Waals surface area contributed by atoms with Gasteiger partial charge in [-0.2, -0.15) is 5.10 Å². The molecule has 2 rings (SSSR count). The Balaban J connectivity index is 1.84. The van der Waals surface area contributed by atoms with Crippen molar-refractivity contribution in [1.29, 1.82) is 0 Å². The van der Waals surface area contributed by atoms with Gasteiger partial charge in [-0.3, -0.25) is 4.68 Å². The molecular formula is C14H18FN3O. The molecule has 0 aliphatic rings. The van der Waals surface area contributed by atoms with Crippen molar-refractivity contribution < 1.29 is 9.50 Å². The average molecular weight is 263 g/mol. The zero-order valence-corrected chi connectivity index (χ0v) is 10.9. The van der Waals surface area contributed by atoms with Crippen LogP contribution in [0.4, 0.5) is 4.39 Å². The van der Waals surface area contributed by atoms with Crippen LogP contribution < -0.4 is 5.32 Å². The van der Waals surface area contributed by atoms with Gasteiger partial charge in [0, 0.05) is 25.8 Å². The number of aromatic nitrogens is 2. The Bertz CT molecular complexity index is 510. The normalized spacial score (nSPS) is 12.6. The fourth-order valence-corrected chi connectivity index (χ4v) is 1.93. The first-order valence-electron chi connectivity index (χ1n) is 6.35. The molecule has 1 aromatic heterocycles. The van der Waals surface area contributed by atoms with E-state index in [0.29, 0.717) is 18.7 Å². The standard InChI is InChI=1S/C14H18FN3O/c1-2-18-13(7-8-17-18)9-16-10-14(19)11-3-5-12(15)6-4-11/h3-8,14,16,19H,2,9-10H2,1H3. The molecule has 0 saturated heterocycles. The Labute approximate surface area is 111 Å². The molecule has 19 heavy (non-hydrogen) atoms. The van der Waals surface area contributed by atoms with Gasteiger partial charge in [-0.25, -0.2) is 4.39 Å². The van der Waals surface area contributed by atoms with Crippen molar-refractivity contribution in [3.8, 4) is 0 Å². The number of aliphatic hydroxyl groups excluding tert-OH is 1. The van der Waals surface area contributed by atoms with Crippen LogP contribution in [0.5, 0.6) is 0 Å². The topological polar surface area (TPSA) is 50.1 Å². The highest BCUT2D eigenvalue weighted by atomic mass is 19.1. The molecular weight excluding hydrogens is 245 g/mol. The molecule has 0 aliphatic heterocycles. The van der Waals surface area contributed by atoms with E-state index in [1.165, 1.54) is 12.1 Å². The molecule has 0 bridgehead atoms. The summed E-state index contributed by atoms with van der Waals surface area (Å²) >= 11 is 0. The number of hydrogen-bond donors (Lipinski definition) is 2. The van der Waals surface area contributed by atoms with Crippen molar-refractivity contribution in [1.82, 2.24) is 15.1 Å². The van der Waals surface area contributed by atoms with Crippen LogP contribution in [0.15, 0.2) is 36.5 Å². The molecule has 0 fully saturated rings. The molecule has 0 amide bonds. The van der Waals surface area contributed by atoms with Gasteiger partial charge in [0.1, 0.15) is 5.82 Å². The predicted molar refractivity (Wildman–Crippen MR) is 71.0 cm³/mol. The van der Waals surface area contributed by atoms with Crippen LogP contribution in [-0.2, 0) is 13.1 Å². The smallest absolute Gasteiger partial charge is 0.123 e. The first-order valence-corrected chi connectivity index (χ1v) is 6.35. The SMILES string of the molecule is CCn1nccc1CNCC(O)c1ccc(F)cc1. The Hall–Kier alpha value is -1.72. The summed E-state index contributed by atoms with van der Waals surface area (Å²) in [5.74, 6) is -0.296. The Morgan fingerprint density at radius 2 is 2.05 bits per heavy atom. The Kier molecular flexibility index (Phi) is 4.65. The lowest BCUT2D eigenvalue weighted by Gasteiger charge is -2.12. The Morgan fingerprint density at radius 1 is 1.32 bits per heavy atom. The number of nitrogens with one attached hydrogen (secondary N) is 1. The summed E-state index contributed by atoms with van der Waals surface area (Å²) < 4.78 is 14.7. The third-order valence-electron chi connectivity index (χ3n) is 3.00. The van der Waals surface area contributed by atoms with E-state index >= 15 is 0 Å². The van der Waals surface area contributed by atoms with E-state index < -0.39 is 6.10 Å². The van der Waals surface area contributed by atoms with E-state index in [1.54, 1.807) is 18.3 Å². The summed E-state index contributed by atoms with van der Waals surface area (Å²) in [5, 5.41) is 17.3. The first kappa shape index (κ1) is 13.7. The zero-order chi connectivity index (χ0) is 13.7. The van der Waals surface area contributed by atoms with E-state index in [0.717, 1.165) is 12.2 Å². The maximum atomic E-state index is 12.8. The van der Waals surface area contributed by atoms with Crippen molar-refractivity contribution in [3.05, 3.63) is 53.6 Å². The van der Waals surface area contributed by atoms with E-state index in [1.807, 2.05) is 17.7 Å². The van der Waals surface area contributed by atoms with Gasteiger partial charge in [0.25, 0.3) is 0 Å². The highest BCUT2D eigenvalue weighted by molar-refractivity contribution is 5.18. The lowest BCUT2D eigenvalue weighted by molar-refractivity contribution is 0.174. The number of aryl methyl sites for hydroxylation is 1. The second-order valence-electron chi connectivity index (χ2n) is 4.34. The molecule has 0 aliphatic carbocycles. The van der Waals surface area contributed by atoms with E-state index in [9.17, 15) is 9.50 Å². The number of hydrogen-bond acceptors (Lipinski definition) is 3. The fourth-order valence-electron chi connectivity index (χ4n) is 1.93. The quantitative estimate of drug-likeness (QED) is 0.836. The number of nitrogens with zero attached hydrogens (tertiary/aromatic N) is 2. The molecule has 0 radical (unpaired) electrons. The number of aliphatic hydroxyl groups is 1. The summed E-state index contributed by atoms with van der Waals surface area (Å²) in [6, 6.07) is 7.84. The van der Waals surface area contributed by atoms with Crippen LogP contribution in [0, 0.1) is 5.82 Å². The summed E-state index contributed by atoms with van der Waals surface area (Å²) in [6.45, 7) is 3.92. The first-order chi connectivity index (χ1) is 9.20. The molecule has 4 nitrogen and oxygen atoms in total. The number of rotatable bonds is 6. The third-order valence-corrected chi connectivity index (χ3v) is 3.00. The predicted octanol–water partition coefficient (Wildman–Crippen LogP) is 1.87. The van der Waals surface area contributed by atoms with Gasteiger partial charge < -0.3 is 10.4 Å². The van der Waals surface area contributed by atoms with Crippen molar-refractivity contribution >= 4 is 0 Å². The largest absolute Gasteiger partial charge is 0.387 e. The highest BCUT2D eigenvalue weighted by Crippen LogP contribution is 2.12. The van der Waals surface area contributed by atoms with Crippen molar-refractivity contribution in [2.24, 2.45) is 0 Å². The van der Waals surface area contributed by atoms with Crippen molar-refractivity contribution in [3.63, 3.8) is 0 Å². The van der Waals surface area contributed by atoms with Gasteiger partial charge >= 0.3 is 0 Å². The molecule has 2 aromatic rings. The summed E-state index contributed by atoms with van der Waals surface area (Å²) in [5.41, 5.74) is 1.78. The maximum absolute atomic E-state index is 12.8.